The Labute approximate surface area is 122 Å². The fourth-order valence-electron chi connectivity index (χ4n) is 2.31. The Bertz CT molecular complexity index is 820. The van der Waals surface area contributed by atoms with Crippen LogP contribution < -0.4 is 10.1 Å². The topological polar surface area (TPSA) is 49.4 Å². The number of hydrogen-bond acceptors (Lipinski definition) is 3. The first-order valence-corrected chi connectivity index (χ1v) is 6.60. The van der Waals surface area contributed by atoms with Gasteiger partial charge in [-0.3, -0.25) is 0 Å². The standard InChI is InChI=1S/C17H14N3O/c1-21-13-8-6-12(7-9-13)19-16-10-11-17(20-18)15-5-3-2-4-14(15)16/h2-11,19H,1H3/q+1. The average Bonchev–Trinajstić information content (AvgIpc) is 2.56. The van der Waals surface area contributed by atoms with Crippen molar-refractivity contribution >= 4 is 27.8 Å². The van der Waals surface area contributed by atoms with Crippen LogP contribution in [0.5, 0.6) is 5.75 Å². The van der Waals surface area contributed by atoms with E-state index in [0.29, 0.717) is 5.69 Å². The van der Waals surface area contributed by atoms with Gasteiger partial charge in [-0.2, -0.15) is 0 Å². The summed E-state index contributed by atoms with van der Waals surface area (Å²) in [5.41, 5.74) is 2.49. The van der Waals surface area contributed by atoms with Crippen LogP contribution in [0, 0.1) is 5.39 Å². The molecular formula is C17H14N3O+. The number of benzene rings is 3. The van der Waals surface area contributed by atoms with Crippen LogP contribution in [0.15, 0.2) is 60.7 Å². The van der Waals surface area contributed by atoms with Crippen LogP contribution in [0.25, 0.3) is 15.7 Å². The van der Waals surface area contributed by atoms with Crippen LogP contribution in [0.3, 0.4) is 0 Å². The highest BCUT2D eigenvalue weighted by atomic mass is 16.5. The van der Waals surface area contributed by atoms with Gasteiger partial charge in [-0.1, -0.05) is 18.2 Å². The van der Waals surface area contributed by atoms with Gasteiger partial charge in [0.05, 0.1) is 12.5 Å². The number of ether oxygens (including phenoxy) is 1. The molecule has 1 N–H and O–H groups in total. The van der Waals surface area contributed by atoms with Crippen LogP contribution in [-0.2, 0) is 0 Å². The van der Waals surface area contributed by atoms with E-state index in [2.05, 4.69) is 10.3 Å². The molecular weight excluding hydrogens is 262 g/mol. The Kier molecular flexibility index (Phi) is 3.40. The minimum absolute atomic E-state index is 0.561. The summed E-state index contributed by atoms with van der Waals surface area (Å²) in [6.45, 7) is 0. The Morgan fingerprint density at radius 1 is 0.905 bits per heavy atom. The van der Waals surface area contributed by atoms with E-state index in [1.54, 1.807) is 13.2 Å². The van der Waals surface area contributed by atoms with Gasteiger partial charge in [0.2, 0.25) is 5.39 Å². The molecule has 3 rings (SSSR count). The number of anilines is 2. The number of rotatable bonds is 3. The molecule has 0 aliphatic heterocycles. The predicted octanol–water partition coefficient (Wildman–Crippen LogP) is 5.08. The molecule has 0 unspecified atom stereocenters. The summed E-state index contributed by atoms with van der Waals surface area (Å²) in [6, 6.07) is 19.2. The van der Waals surface area contributed by atoms with Crippen molar-refractivity contribution in [2.24, 2.45) is 0 Å². The molecule has 21 heavy (non-hydrogen) atoms. The molecule has 0 saturated heterocycles. The van der Waals surface area contributed by atoms with Gasteiger partial charge in [0.15, 0.2) is 4.98 Å². The van der Waals surface area contributed by atoms with E-state index in [9.17, 15) is 0 Å². The predicted molar refractivity (Wildman–Crippen MR) is 85.0 cm³/mol. The highest BCUT2D eigenvalue weighted by Crippen LogP contribution is 2.33. The van der Waals surface area contributed by atoms with Crippen LogP contribution in [0.4, 0.5) is 17.1 Å². The Morgan fingerprint density at radius 2 is 1.62 bits per heavy atom. The zero-order valence-electron chi connectivity index (χ0n) is 11.6. The van der Waals surface area contributed by atoms with Gasteiger partial charge in [-0.25, -0.2) is 0 Å². The third-order valence-corrected chi connectivity index (χ3v) is 3.38. The van der Waals surface area contributed by atoms with Crippen molar-refractivity contribution in [3.63, 3.8) is 0 Å². The molecule has 0 amide bonds. The number of nitrogens with zero attached hydrogens (tertiary/aromatic N) is 2. The van der Waals surface area contributed by atoms with Gasteiger partial charge in [0.25, 0.3) is 0 Å². The van der Waals surface area contributed by atoms with Crippen molar-refractivity contribution in [1.29, 1.82) is 5.39 Å². The summed E-state index contributed by atoms with van der Waals surface area (Å²) >= 11 is 0. The molecule has 0 fully saturated rings. The molecule has 0 atom stereocenters. The van der Waals surface area contributed by atoms with Gasteiger partial charge in [-0.15, -0.1) is 0 Å². The lowest BCUT2D eigenvalue weighted by molar-refractivity contribution is 0.415. The van der Waals surface area contributed by atoms with Crippen molar-refractivity contribution in [2.75, 3.05) is 12.4 Å². The Balaban J connectivity index is 2.02. The fraction of sp³-hybridized carbons (Fsp3) is 0.0588. The normalized spacial score (nSPS) is 10.1. The molecule has 102 valence electrons. The van der Waals surface area contributed by atoms with E-state index >= 15 is 0 Å². The van der Waals surface area contributed by atoms with Crippen molar-refractivity contribution in [2.45, 2.75) is 0 Å². The minimum atomic E-state index is 0.561. The van der Waals surface area contributed by atoms with Crippen LogP contribution >= 0.6 is 0 Å². The SMILES string of the molecule is COc1ccc(Nc2ccc([N+]#N)c3ccccc23)cc1. The summed E-state index contributed by atoms with van der Waals surface area (Å²) in [7, 11) is 1.65. The smallest absolute Gasteiger partial charge is 0.392 e. The summed E-state index contributed by atoms with van der Waals surface area (Å²) in [4.78, 5) is 3.33. The summed E-state index contributed by atoms with van der Waals surface area (Å²) < 4.78 is 5.15. The zero-order valence-corrected chi connectivity index (χ0v) is 11.6. The van der Waals surface area contributed by atoms with Gasteiger partial charge in [0.1, 0.15) is 5.75 Å². The average molecular weight is 276 g/mol. The number of hydrogen-bond donors (Lipinski definition) is 1. The molecule has 3 aromatic rings. The summed E-state index contributed by atoms with van der Waals surface area (Å²) in [5.74, 6) is 0.819. The number of fused-ring (bicyclic) bond motifs is 1. The first-order valence-electron chi connectivity index (χ1n) is 6.60. The molecule has 0 aliphatic carbocycles. The quantitative estimate of drug-likeness (QED) is 0.679. The van der Waals surface area contributed by atoms with Crippen molar-refractivity contribution in [3.8, 4) is 5.75 Å². The second kappa shape index (κ2) is 5.51. The Morgan fingerprint density at radius 3 is 2.29 bits per heavy atom. The van der Waals surface area contributed by atoms with Crippen LogP contribution in [-0.4, -0.2) is 7.11 Å². The van der Waals surface area contributed by atoms with Gasteiger partial charge >= 0.3 is 5.69 Å². The Hall–Kier alpha value is -3.06. The third-order valence-electron chi connectivity index (χ3n) is 3.38. The maximum Gasteiger partial charge on any atom is 0.392 e. The second-order valence-corrected chi connectivity index (χ2v) is 4.63. The maximum atomic E-state index is 9.06. The van der Waals surface area contributed by atoms with Gasteiger partial charge < -0.3 is 10.1 Å². The molecule has 4 nitrogen and oxygen atoms in total. The minimum Gasteiger partial charge on any atom is -0.497 e. The first-order chi connectivity index (χ1) is 10.3. The second-order valence-electron chi connectivity index (χ2n) is 4.63. The molecule has 0 saturated carbocycles. The van der Waals surface area contributed by atoms with Crippen LogP contribution in [0.2, 0.25) is 0 Å². The highest BCUT2D eigenvalue weighted by Gasteiger charge is 2.13. The highest BCUT2D eigenvalue weighted by molar-refractivity contribution is 6.02. The molecule has 0 spiro atoms. The molecule has 0 aliphatic rings. The van der Waals surface area contributed by atoms with E-state index in [0.717, 1.165) is 27.9 Å². The molecule has 0 bridgehead atoms. The fourth-order valence-corrected chi connectivity index (χ4v) is 2.31. The molecule has 0 radical (unpaired) electrons. The molecule has 0 aromatic heterocycles. The summed E-state index contributed by atoms with van der Waals surface area (Å²) in [6.07, 6.45) is 0. The lowest BCUT2D eigenvalue weighted by Gasteiger charge is -2.09. The molecule has 3 aromatic carbocycles. The first kappa shape index (κ1) is 12.9. The maximum absolute atomic E-state index is 9.06. The number of methoxy groups -OCH3 is 1. The van der Waals surface area contributed by atoms with E-state index in [-0.39, 0.29) is 0 Å². The monoisotopic (exact) mass is 276 g/mol. The lowest BCUT2D eigenvalue weighted by Crippen LogP contribution is -1.92. The van der Waals surface area contributed by atoms with Gasteiger partial charge in [-0.05, 0) is 36.4 Å². The summed E-state index contributed by atoms with van der Waals surface area (Å²) in [5, 5.41) is 14.3. The van der Waals surface area contributed by atoms with E-state index in [1.807, 2.05) is 54.6 Å². The van der Waals surface area contributed by atoms with E-state index in [1.165, 1.54) is 0 Å². The van der Waals surface area contributed by atoms with E-state index < -0.39 is 0 Å². The third kappa shape index (κ3) is 2.49. The van der Waals surface area contributed by atoms with Crippen molar-refractivity contribution < 1.29 is 4.74 Å². The van der Waals surface area contributed by atoms with Crippen LogP contribution in [0.1, 0.15) is 0 Å². The van der Waals surface area contributed by atoms with Crippen molar-refractivity contribution in [3.05, 3.63) is 65.6 Å². The van der Waals surface area contributed by atoms with E-state index in [4.69, 9.17) is 10.1 Å². The van der Waals surface area contributed by atoms with Gasteiger partial charge in [0, 0.05) is 22.8 Å². The lowest BCUT2D eigenvalue weighted by atomic mass is 10.1. The largest absolute Gasteiger partial charge is 0.497 e. The number of diazo groups is 1. The zero-order chi connectivity index (χ0) is 14.7. The molecule has 0 heterocycles. The molecule has 4 heteroatoms. The van der Waals surface area contributed by atoms with Crippen molar-refractivity contribution in [1.82, 2.24) is 0 Å². The number of nitrogens with one attached hydrogen (secondary N) is 1.